The van der Waals surface area contributed by atoms with Crippen molar-refractivity contribution in [1.82, 2.24) is 10.3 Å². The topological polar surface area (TPSA) is 111 Å². The van der Waals surface area contributed by atoms with Crippen molar-refractivity contribution in [3.8, 4) is 0 Å². The van der Waals surface area contributed by atoms with Crippen LogP contribution in [0.3, 0.4) is 0 Å². The lowest BCUT2D eigenvalue weighted by Crippen LogP contribution is -2.24. The fourth-order valence-electron chi connectivity index (χ4n) is 3.86. The Morgan fingerprint density at radius 2 is 1.91 bits per heavy atom. The van der Waals surface area contributed by atoms with E-state index in [4.69, 9.17) is 11.6 Å². The summed E-state index contributed by atoms with van der Waals surface area (Å²) < 4.78 is 28.0. The predicted molar refractivity (Wildman–Crippen MR) is 123 cm³/mol. The zero-order valence-corrected chi connectivity index (χ0v) is 18.7. The van der Waals surface area contributed by atoms with Gasteiger partial charge in [0.1, 0.15) is 11.6 Å². The van der Waals surface area contributed by atoms with Crippen LogP contribution < -0.4 is 10.6 Å². The smallest absolute Gasteiger partial charge is 0.337 e. The first-order valence-corrected chi connectivity index (χ1v) is 10.5. The Labute approximate surface area is 197 Å². The van der Waals surface area contributed by atoms with Crippen LogP contribution in [0.4, 0.5) is 14.5 Å². The van der Waals surface area contributed by atoms with Crippen LogP contribution in [0.2, 0.25) is 5.02 Å². The number of carboxylic acids is 1. The Balaban J connectivity index is 1.63. The van der Waals surface area contributed by atoms with E-state index in [-0.39, 0.29) is 27.3 Å². The number of rotatable bonds is 5. The molecule has 7 nitrogen and oxygen atoms in total. The number of carboxylic acid groups (broad SMARTS) is 1. The van der Waals surface area contributed by atoms with Crippen molar-refractivity contribution in [2.45, 2.75) is 20.4 Å². The maximum Gasteiger partial charge on any atom is 0.337 e. The minimum atomic E-state index is -1.08. The van der Waals surface area contributed by atoms with E-state index < -0.39 is 36.0 Å². The average Bonchev–Trinajstić information content (AvgIpc) is 3.25. The van der Waals surface area contributed by atoms with E-state index in [1.807, 2.05) is 0 Å². The van der Waals surface area contributed by atoms with E-state index in [2.05, 4.69) is 15.6 Å². The van der Waals surface area contributed by atoms with Gasteiger partial charge < -0.3 is 20.7 Å². The zero-order valence-electron chi connectivity index (χ0n) is 18.0. The lowest BCUT2D eigenvalue weighted by Gasteiger charge is -2.09. The molecule has 2 heterocycles. The standard InChI is InChI=1S/C24H18ClF2N3O4/c1-10-19(29-11(2)20(10)24(33)34)8-14-13-7-12(3-6-18(13)30-23(14)32)22(31)28-9-15-17(26)5-4-16(25)21(15)27/h3-8,29H,9H2,1-2H3,(H,28,31)(H,30,32)(H,33,34)/b14-8-. The van der Waals surface area contributed by atoms with Crippen LogP contribution in [0.25, 0.3) is 11.6 Å². The molecule has 0 fully saturated rings. The molecule has 0 radical (unpaired) electrons. The molecule has 0 atom stereocenters. The number of H-pyrrole nitrogens is 1. The molecule has 1 aliphatic rings. The fraction of sp³-hybridized carbons (Fsp3) is 0.125. The minimum absolute atomic E-state index is 0.124. The highest BCUT2D eigenvalue weighted by atomic mass is 35.5. The van der Waals surface area contributed by atoms with Gasteiger partial charge in [-0.3, -0.25) is 9.59 Å². The molecule has 4 rings (SSSR count). The van der Waals surface area contributed by atoms with Crippen molar-refractivity contribution in [1.29, 1.82) is 0 Å². The number of carbonyl (C=O) groups excluding carboxylic acids is 2. The molecule has 0 unspecified atom stereocenters. The molecule has 3 aromatic rings. The summed E-state index contributed by atoms with van der Waals surface area (Å²) in [6.07, 6.45) is 1.52. The third kappa shape index (κ3) is 4.06. The van der Waals surface area contributed by atoms with Crippen molar-refractivity contribution in [3.63, 3.8) is 0 Å². The Kier molecular flexibility index (Phi) is 5.97. The van der Waals surface area contributed by atoms with Crippen LogP contribution in [0.1, 0.15) is 48.8 Å². The van der Waals surface area contributed by atoms with Gasteiger partial charge in [0.2, 0.25) is 0 Å². The number of hydrogen-bond acceptors (Lipinski definition) is 3. The first kappa shape index (κ1) is 23.2. The van der Waals surface area contributed by atoms with Crippen LogP contribution in [0.5, 0.6) is 0 Å². The Hall–Kier alpha value is -3.98. The molecule has 4 N–H and O–H groups in total. The maximum absolute atomic E-state index is 14.1. The monoisotopic (exact) mass is 485 g/mol. The minimum Gasteiger partial charge on any atom is -0.478 e. The summed E-state index contributed by atoms with van der Waals surface area (Å²) in [4.78, 5) is 39.7. The number of benzene rings is 2. The number of anilines is 1. The molecule has 0 bridgehead atoms. The molecular weight excluding hydrogens is 468 g/mol. The average molecular weight is 486 g/mol. The van der Waals surface area contributed by atoms with Crippen molar-refractivity contribution < 1.29 is 28.3 Å². The third-order valence-electron chi connectivity index (χ3n) is 5.61. The van der Waals surface area contributed by atoms with Gasteiger partial charge in [-0.1, -0.05) is 11.6 Å². The molecule has 0 aliphatic carbocycles. The first-order valence-electron chi connectivity index (χ1n) is 10.1. The van der Waals surface area contributed by atoms with Gasteiger partial charge in [0, 0.05) is 40.3 Å². The molecule has 2 amide bonds. The van der Waals surface area contributed by atoms with Gasteiger partial charge in [0.15, 0.2) is 0 Å². The number of nitrogens with one attached hydrogen (secondary N) is 3. The maximum atomic E-state index is 14.1. The number of aryl methyl sites for hydroxylation is 1. The third-order valence-corrected chi connectivity index (χ3v) is 5.90. The van der Waals surface area contributed by atoms with Gasteiger partial charge in [-0.25, -0.2) is 13.6 Å². The van der Waals surface area contributed by atoms with Crippen molar-refractivity contribution >= 4 is 46.7 Å². The number of fused-ring (bicyclic) bond motifs is 1. The summed E-state index contributed by atoms with van der Waals surface area (Å²) in [6.45, 7) is 2.83. The Bertz CT molecular complexity index is 1410. The lowest BCUT2D eigenvalue weighted by atomic mass is 10.0. The van der Waals surface area contributed by atoms with Crippen LogP contribution >= 0.6 is 11.6 Å². The highest BCUT2D eigenvalue weighted by Gasteiger charge is 2.27. The quantitative estimate of drug-likeness (QED) is 0.310. The van der Waals surface area contributed by atoms with Crippen LogP contribution in [0, 0.1) is 25.5 Å². The highest BCUT2D eigenvalue weighted by Crippen LogP contribution is 2.35. The van der Waals surface area contributed by atoms with E-state index in [0.29, 0.717) is 28.2 Å². The van der Waals surface area contributed by atoms with Crippen molar-refractivity contribution in [3.05, 3.63) is 86.2 Å². The van der Waals surface area contributed by atoms with Crippen LogP contribution in [0.15, 0.2) is 30.3 Å². The summed E-state index contributed by atoms with van der Waals surface area (Å²) in [5.74, 6) is -3.90. The van der Waals surface area contributed by atoms with Gasteiger partial charge in [0.05, 0.1) is 16.2 Å². The largest absolute Gasteiger partial charge is 0.478 e. The Morgan fingerprint density at radius 3 is 2.59 bits per heavy atom. The molecule has 0 saturated heterocycles. The first-order chi connectivity index (χ1) is 16.1. The van der Waals surface area contributed by atoms with E-state index in [1.54, 1.807) is 19.9 Å². The van der Waals surface area contributed by atoms with Gasteiger partial charge in [0.25, 0.3) is 11.8 Å². The summed E-state index contributed by atoms with van der Waals surface area (Å²) >= 11 is 5.68. The number of amides is 2. The number of halogens is 3. The molecule has 1 aliphatic heterocycles. The number of carbonyl (C=O) groups is 3. The van der Waals surface area contributed by atoms with Gasteiger partial charge in [-0.2, -0.15) is 0 Å². The van der Waals surface area contributed by atoms with Gasteiger partial charge in [-0.05, 0) is 55.8 Å². The normalized spacial score (nSPS) is 13.7. The molecule has 0 saturated carbocycles. The molecule has 34 heavy (non-hydrogen) atoms. The molecule has 1 aromatic heterocycles. The fourth-order valence-corrected chi connectivity index (χ4v) is 4.04. The lowest BCUT2D eigenvalue weighted by molar-refractivity contribution is -0.110. The zero-order chi connectivity index (χ0) is 24.7. The van der Waals surface area contributed by atoms with Crippen LogP contribution in [-0.4, -0.2) is 27.9 Å². The van der Waals surface area contributed by atoms with Crippen molar-refractivity contribution in [2.24, 2.45) is 0 Å². The van der Waals surface area contributed by atoms with Gasteiger partial charge >= 0.3 is 5.97 Å². The predicted octanol–water partition coefficient (Wildman–Crippen LogP) is 4.68. The number of aromatic nitrogens is 1. The summed E-state index contributed by atoms with van der Waals surface area (Å²) in [7, 11) is 0. The second-order valence-electron chi connectivity index (χ2n) is 7.75. The van der Waals surface area contributed by atoms with E-state index in [9.17, 15) is 28.3 Å². The summed E-state index contributed by atoms with van der Waals surface area (Å²) in [5, 5.41) is 14.3. The van der Waals surface area contributed by atoms with E-state index >= 15 is 0 Å². The van der Waals surface area contributed by atoms with E-state index in [1.165, 1.54) is 18.2 Å². The summed E-state index contributed by atoms with van der Waals surface area (Å²) in [6, 6.07) is 6.58. The number of aromatic amines is 1. The highest BCUT2D eigenvalue weighted by molar-refractivity contribution is 6.35. The molecular formula is C24H18ClF2N3O4. The molecule has 10 heteroatoms. The molecule has 2 aromatic carbocycles. The van der Waals surface area contributed by atoms with Gasteiger partial charge in [-0.15, -0.1) is 0 Å². The summed E-state index contributed by atoms with van der Waals surface area (Å²) in [5.41, 5.74) is 2.43. The second kappa shape index (κ2) is 8.75. The van der Waals surface area contributed by atoms with Crippen molar-refractivity contribution in [2.75, 3.05) is 5.32 Å². The van der Waals surface area contributed by atoms with Crippen LogP contribution in [-0.2, 0) is 11.3 Å². The molecule has 174 valence electrons. The SMILES string of the molecule is Cc1[nH]c(/C=C2\C(=O)Nc3ccc(C(=O)NCc4c(F)ccc(Cl)c4F)cc32)c(C)c1C(=O)O. The molecule has 0 spiro atoms. The van der Waals surface area contributed by atoms with E-state index in [0.717, 1.165) is 12.1 Å². The Morgan fingerprint density at radius 1 is 1.18 bits per heavy atom. The number of hydrogen-bond donors (Lipinski definition) is 4. The second-order valence-corrected chi connectivity index (χ2v) is 8.15. The number of aromatic carboxylic acids is 1.